The molecule has 0 saturated heterocycles. The highest BCUT2D eigenvalue weighted by Gasteiger charge is 2.25. The lowest BCUT2D eigenvalue weighted by Gasteiger charge is -2.12. The number of imidazole rings is 1. The minimum absolute atomic E-state index is 0.182. The average Bonchev–Trinajstić information content (AvgIpc) is 2.93. The summed E-state index contributed by atoms with van der Waals surface area (Å²) in [5, 5.41) is 9.30. The summed E-state index contributed by atoms with van der Waals surface area (Å²) in [5.41, 5.74) is 8.36. The molecule has 2 aromatic rings. The highest BCUT2D eigenvalue weighted by atomic mass is 16.3. The topological polar surface area (TPSA) is 89.9 Å². The van der Waals surface area contributed by atoms with Crippen molar-refractivity contribution in [1.82, 2.24) is 19.5 Å². The van der Waals surface area contributed by atoms with Gasteiger partial charge < -0.3 is 15.4 Å². The lowest BCUT2D eigenvalue weighted by atomic mass is 10.0. The first-order chi connectivity index (χ1) is 8.70. The van der Waals surface area contributed by atoms with Crippen molar-refractivity contribution in [3.63, 3.8) is 0 Å². The predicted molar refractivity (Wildman–Crippen MR) is 67.7 cm³/mol. The first-order valence-corrected chi connectivity index (χ1v) is 5.93. The van der Waals surface area contributed by atoms with E-state index in [0.29, 0.717) is 11.3 Å². The molecule has 94 valence electrons. The fraction of sp³-hybridized carbons (Fsp3) is 0.417. The van der Waals surface area contributed by atoms with Crippen LogP contribution in [0.5, 0.6) is 0 Å². The van der Waals surface area contributed by atoms with Crippen LogP contribution in [0.25, 0.3) is 11.2 Å². The Labute approximate surface area is 104 Å². The van der Waals surface area contributed by atoms with Gasteiger partial charge in [-0.05, 0) is 13.3 Å². The second kappa shape index (κ2) is 4.06. The molecule has 3 N–H and O–H groups in total. The zero-order valence-corrected chi connectivity index (χ0v) is 10.1. The minimum atomic E-state index is 0.182. The van der Waals surface area contributed by atoms with E-state index in [0.717, 1.165) is 12.1 Å². The van der Waals surface area contributed by atoms with Gasteiger partial charge in [0, 0.05) is 12.5 Å². The molecule has 6 nitrogen and oxygen atoms in total. The molecule has 0 amide bonds. The lowest BCUT2D eigenvalue weighted by Crippen LogP contribution is -2.08. The van der Waals surface area contributed by atoms with E-state index < -0.39 is 0 Å². The quantitative estimate of drug-likeness (QED) is 0.767. The molecule has 0 aliphatic heterocycles. The van der Waals surface area contributed by atoms with Crippen molar-refractivity contribution in [3.8, 4) is 0 Å². The molecule has 2 heterocycles. The molecule has 2 aromatic heterocycles. The molecule has 0 bridgehead atoms. The van der Waals surface area contributed by atoms with E-state index in [1.807, 2.05) is 11.5 Å². The Morgan fingerprint density at radius 1 is 1.44 bits per heavy atom. The summed E-state index contributed by atoms with van der Waals surface area (Å²) in [4.78, 5) is 12.4. The summed E-state index contributed by atoms with van der Waals surface area (Å²) in [6.07, 6.45) is 6.22. The van der Waals surface area contributed by atoms with E-state index in [4.69, 9.17) is 5.73 Å². The molecule has 0 spiro atoms. The van der Waals surface area contributed by atoms with Crippen molar-refractivity contribution >= 4 is 17.0 Å². The Kier molecular flexibility index (Phi) is 2.52. The molecular weight excluding hydrogens is 230 g/mol. The van der Waals surface area contributed by atoms with Gasteiger partial charge in [0.05, 0.1) is 12.4 Å². The molecular formula is C12H15N5O. The molecule has 18 heavy (non-hydrogen) atoms. The largest absolute Gasteiger partial charge is 0.396 e. The van der Waals surface area contributed by atoms with Gasteiger partial charge in [0.1, 0.15) is 11.8 Å². The Balaban J connectivity index is 2.04. The van der Waals surface area contributed by atoms with Crippen LogP contribution in [-0.2, 0) is 0 Å². The molecule has 0 saturated carbocycles. The van der Waals surface area contributed by atoms with Gasteiger partial charge in [-0.2, -0.15) is 0 Å². The van der Waals surface area contributed by atoms with Crippen molar-refractivity contribution in [2.24, 2.45) is 5.92 Å². The van der Waals surface area contributed by atoms with Crippen molar-refractivity contribution in [1.29, 1.82) is 0 Å². The fourth-order valence-corrected chi connectivity index (χ4v) is 2.51. The number of allylic oxidation sites excluding steroid dienone is 1. The van der Waals surface area contributed by atoms with Crippen LogP contribution in [0.4, 0.5) is 5.82 Å². The highest BCUT2D eigenvalue weighted by Crippen LogP contribution is 2.34. The molecule has 1 aliphatic carbocycles. The molecule has 2 atom stereocenters. The van der Waals surface area contributed by atoms with E-state index in [-0.39, 0.29) is 18.6 Å². The first-order valence-electron chi connectivity index (χ1n) is 5.93. The number of aliphatic hydroxyl groups excluding tert-OH is 1. The van der Waals surface area contributed by atoms with Gasteiger partial charge in [-0.15, -0.1) is 0 Å². The van der Waals surface area contributed by atoms with Crippen LogP contribution in [-0.4, -0.2) is 31.2 Å². The number of fused-ring (bicyclic) bond motifs is 1. The number of nitrogens with zero attached hydrogens (tertiary/aromatic N) is 4. The van der Waals surface area contributed by atoms with Gasteiger partial charge in [0.25, 0.3) is 0 Å². The van der Waals surface area contributed by atoms with Gasteiger partial charge in [-0.3, -0.25) is 0 Å². The molecule has 0 aromatic carbocycles. The summed E-state index contributed by atoms with van der Waals surface area (Å²) < 4.78 is 1.99. The second-order valence-electron chi connectivity index (χ2n) is 4.68. The van der Waals surface area contributed by atoms with Gasteiger partial charge >= 0.3 is 0 Å². The van der Waals surface area contributed by atoms with E-state index in [1.165, 1.54) is 11.9 Å². The van der Waals surface area contributed by atoms with Crippen LogP contribution in [0.15, 0.2) is 24.3 Å². The maximum absolute atomic E-state index is 9.30. The SMILES string of the molecule is CC1=C[C@H](n2cnc3c(N)ncnc32)C[C@@H]1CO. The fourth-order valence-electron chi connectivity index (χ4n) is 2.51. The zero-order valence-electron chi connectivity index (χ0n) is 10.1. The maximum atomic E-state index is 9.30. The highest BCUT2D eigenvalue weighted by molar-refractivity contribution is 5.81. The van der Waals surface area contributed by atoms with Crippen LogP contribution in [0.3, 0.4) is 0 Å². The monoisotopic (exact) mass is 245 g/mol. The number of aromatic nitrogens is 4. The Bertz CT molecular complexity index is 618. The molecule has 6 heteroatoms. The Morgan fingerprint density at radius 2 is 2.28 bits per heavy atom. The summed E-state index contributed by atoms with van der Waals surface area (Å²) in [5.74, 6) is 0.628. The van der Waals surface area contributed by atoms with Crippen LogP contribution in [0.2, 0.25) is 0 Å². The van der Waals surface area contributed by atoms with E-state index in [2.05, 4.69) is 21.0 Å². The van der Waals surface area contributed by atoms with E-state index in [9.17, 15) is 5.11 Å². The van der Waals surface area contributed by atoms with Gasteiger partial charge in [-0.25, -0.2) is 15.0 Å². The maximum Gasteiger partial charge on any atom is 0.165 e. The standard InChI is InChI=1S/C12H15N5O/c1-7-2-9(3-8(7)4-18)17-6-16-10-11(13)14-5-15-12(10)17/h2,5-6,8-9,18H,3-4H2,1H3,(H2,13,14,15)/t8-,9+/m1/s1. The van der Waals surface area contributed by atoms with Crippen molar-refractivity contribution in [2.45, 2.75) is 19.4 Å². The average molecular weight is 245 g/mol. The Morgan fingerprint density at radius 3 is 3.00 bits per heavy atom. The number of aliphatic hydroxyl groups is 1. The third-order valence-electron chi connectivity index (χ3n) is 3.59. The van der Waals surface area contributed by atoms with Gasteiger partial charge in [0.15, 0.2) is 11.5 Å². The molecule has 0 radical (unpaired) electrons. The summed E-state index contributed by atoms with van der Waals surface area (Å²) in [7, 11) is 0. The molecule has 0 fully saturated rings. The van der Waals surface area contributed by atoms with E-state index in [1.54, 1.807) is 6.33 Å². The van der Waals surface area contributed by atoms with Crippen molar-refractivity contribution < 1.29 is 5.11 Å². The smallest absolute Gasteiger partial charge is 0.165 e. The number of nitrogen functional groups attached to an aromatic ring is 1. The summed E-state index contributed by atoms with van der Waals surface area (Å²) in [6.45, 7) is 2.23. The predicted octanol–water partition coefficient (Wildman–Crippen LogP) is 0.908. The van der Waals surface area contributed by atoms with Crippen LogP contribution >= 0.6 is 0 Å². The third-order valence-corrected chi connectivity index (χ3v) is 3.59. The zero-order chi connectivity index (χ0) is 12.7. The van der Waals surface area contributed by atoms with E-state index >= 15 is 0 Å². The summed E-state index contributed by atoms with van der Waals surface area (Å²) >= 11 is 0. The van der Waals surface area contributed by atoms with Gasteiger partial charge in [-0.1, -0.05) is 11.6 Å². The van der Waals surface area contributed by atoms with Gasteiger partial charge in [0.2, 0.25) is 0 Å². The number of rotatable bonds is 2. The first kappa shape index (κ1) is 11.2. The van der Waals surface area contributed by atoms with Crippen molar-refractivity contribution in [3.05, 3.63) is 24.3 Å². The number of hydrogen-bond acceptors (Lipinski definition) is 5. The summed E-state index contributed by atoms with van der Waals surface area (Å²) in [6, 6.07) is 0.182. The Hall–Kier alpha value is -1.95. The lowest BCUT2D eigenvalue weighted by molar-refractivity contribution is 0.239. The molecule has 0 unspecified atom stereocenters. The second-order valence-corrected chi connectivity index (χ2v) is 4.68. The number of anilines is 1. The number of nitrogens with two attached hydrogens (primary N) is 1. The third kappa shape index (κ3) is 1.57. The van der Waals surface area contributed by atoms with Crippen LogP contribution in [0.1, 0.15) is 19.4 Å². The van der Waals surface area contributed by atoms with Crippen LogP contribution in [0, 0.1) is 5.92 Å². The minimum Gasteiger partial charge on any atom is -0.396 e. The molecule has 3 rings (SSSR count). The number of hydrogen-bond donors (Lipinski definition) is 2. The molecule has 1 aliphatic rings. The van der Waals surface area contributed by atoms with Crippen molar-refractivity contribution in [2.75, 3.05) is 12.3 Å². The normalized spacial score (nSPS) is 23.6. The van der Waals surface area contributed by atoms with Crippen LogP contribution < -0.4 is 5.73 Å².